The van der Waals surface area contributed by atoms with Gasteiger partial charge < -0.3 is 14.4 Å². The fourth-order valence-electron chi connectivity index (χ4n) is 4.41. The van der Waals surface area contributed by atoms with Crippen LogP contribution in [0.1, 0.15) is 44.6 Å². The number of carbonyl (C=O) groups is 2. The Morgan fingerprint density at radius 2 is 1.48 bits per heavy atom. The fraction of sp³-hybridized carbons (Fsp3) is 0.308. The standard InChI is InChI=1S/C26H29N3O2/c1-18-7-5-6-8-25(18)29-19(2)17-24(20(29)3)26(31)28-15-13-27(14-16-28)23-11-9-22(10-12-23)21(4)30/h5-12,17H,13-16H2,1-4H3. The van der Waals surface area contributed by atoms with Crippen LogP contribution in [0.4, 0.5) is 5.69 Å². The number of para-hydroxylation sites is 1. The summed E-state index contributed by atoms with van der Waals surface area (Å²) in [7, 11) is 0. The quantitative estimate of drug-likeness (QED) is 0.587. The molecule has 1 amide bonds. The first-order valence-corrected chi connectivity index (χ1v) is 10.8. The number of hydrogen-bond donors (Lipinski definition) is 0. The van der Waals surface area contributed by atoms with Crippen molar-refractivity contribution >= 4 is 17.4 Å². The summed E-state index contributed by atoms with van der Waals surface area (Å²) in [6, 6.07) is 18.0. The number of benzene rings is 2. The Balaban J connectivity index is 1.49. The maximum atomic E-state index is 13.3. The van der Waals surface area contributed by atoms with Crippen molar-refractivity contribution in [1.29, 1.82) is 0 Å². The minimum absolute atomic E-state index is 0.0743. The van der Waals surface area contributed by atoms with Gasteiger partial charge in [-0.2, -0.15) is 0 Å². The maximum Gasteiger partial charge on any atom is 0.255 e. The van der Waals surface area contributed by atoms with Crippen molar-refractivity contribution in [2.75, 3.05) is 31.1 Å². The van der Waals surface area contributed by atoms with Gasteiger partial charge in [0.05, 0.1) is 5.56 Å². The van der Waals surface area contributed by atoms with E-state index in [9.17, 15) is 9.59 Å². The first kappa shape index (κ1) is 20.9. The summed E-state index contributed by atoms with van der Waals surface area (Å²) in [5.74, 6) is 0.171. The van der Waals surface area contributed by atoms with E-state index in [1.54, 1.807) is 6.92 Å². The van der Waals surface area contributed by atoms with Gasteiger partial charge in [-0.3, -0.25) is 9.59 Å². The zero-order chi connectivity index (χ0) is 22.1. The van der Waals surface area contributed by atoms with Crippen LogP contribution in [0.3, 0.4) is 0 Å². The van der Waals surface area contributed by atoms with Gasteiger partial charge in [-0.15, -0.1) is 0 Å². The fourth-order valence-corrected chi connectivity index (χ4v) is 4.41. The van der Waals surface area contributed by atoms with Crippen LogP contribution in [0.5, 0.6) is 0 Å². The van der Waals surface area contributed by atoms with Crippen LogP contribution >= 0.6 is 0 Å². The molecule has 160 valence electrons. The number of aryl methyl sites for hydroxylation is 2. The van der Waals surface area contributed by atoms with E-state index in [0.717, 1.165) is 47.0 Å². The lowest BCUT2D eigenvalue weighted by Gasteiger charge is -2.36. The summed E-state index contributed by atoms with van der Waals surface area (Å²) < 4.78 is 2.18. The molecule has 1 aromatic heterocycles. The van der Waals surface area contributed by atoms with E-state index in [2.05, 4.69) is 35.4 Å². The highest BCUT2D eigenvalue weighted by atomic mass is 16.2. The zero-order valence-electron chi connectivity index (χ0n) is 18.7. The van der Waals surface area contributed by atoms with Crippen molar-refractivity contribution in [3.05, 3.63) is 82.7 Å². The van der Waals surface area contributed by atoms with Crippen molar-refractivity contribution in [1.82, 2.24) is 9.47 Å². The van der Waals surface area contributed by atoms with E-state index in [-0.39, 0.29) is 11.7 Å². The number of carbonyl (C=O) groups excluding carboxylic acids is 2. The van der Waals surface area contributed by atoms with Crippen LogP contribution in [-0.4, -0.2) is 47.3 Å². The van der Waals surface area contributed by atoms with Crippen LogP contribution in [-0.2, 0) is 0 Å². The van der Waals surface area contributed by atoms with Crippen LogP contribution in [0.2, 0.25) is 0 Å². The summed E-state index contributed by atoms with van der Waals surface area (Å²) in [5, 5.41) is 0. The highest BCUT2D eigenvalue weighted by Gasteiger charge is 2.26. The van der Waals surface area contributed by atoms with Gasteiger partial charge in [0, 0.05) is 54.5 Å². The topological polar surface area (TPSA) is 45.6 Å². The Labute approximate surface area is 183 Å². The molecule has 5 nitrogen and oxygen atoms in total. The normalized spacial score (nSPS) is 14.1. The molecule has 3 aromatic rings. The third kappa shape index (κ3) is 4.00. The Morgan fingerprint density at radius 3 is 2.10 bits per heavy atom. The molecule has 0 aliphatic carbocycles. The van der Waals surface area contributed by atoms with E-state index < -0.39 is 0 Å². The van der Waals surface area contributed by atoms with Gasteiger partial charge in [0.15, 0.2) is 5.78 Å². The van der Waals surface area contributed by atoms with Gasteiger partial charge >= 0.3 is 0 Å². The van der Waals surface area contributed by atoms with E-state index in [1.807, 2.05) is 54.3 Å². The number of anilines is 1. The summed E-state index contributed by atoms with van der Waals surface area (Å²) >= 11 is 0. The number of amides is 1. The van der Waals surface area contributed by atoms with E-state index in [4.69, 9.17) is 0 Å². The molecule has 5 heteroatoms. The number of hydrogen-bond acceptors (Lipinski definition) is 3. The maximum absolute atomic E-state index is 13.3. The van der Waals surface area contributed by atoms with Crippen LogP contribution < -0.4 is 4.90 Å². The molecule has 1 aliphatic heterocycles. The van der Waals surface area contributed by atoms with Crippen molar-refractivity contribution in [2.45, 2.75) is 27.7 Å². The van der Waals surface area contributed by atoms with Crippen molar-refractivity contribution in [3.8, 4) is 5.69 Å². The molecule has 31 heavy (non-hydrogen) atoms. The number of piperazine rings is 1. The smallest absolute Gasteiger partial charge is 0.255 e. The number of aromatic nitrogens is 1. The second-order valence-electron chi connectivity index (χ2n) is 8.29. The second-order valence-corrected chi connectivity index (χ2v) is 8.29. The molecule has 1 aliphatic rings. The van der Waals surface area contributed by atoms with Crippen LogP contribution in [0, 0.1) is 20.8 Å². The predicted molar refractivity (Wildman–Crippen MR) is 125 cm³/mol. The zero-order valence-corrected chi connectivity index (χ0v) is 18.7. The predicted octanol–water partition coefficient (Wildman–Crippen LogP) is 4.57. The molecule has 4 rings (SSSR count). The molecule has 0 N–H and O–H groups in total. The summed E-state index contributed by atoms with van der Waals surface area (Å²) in [4.78, 5) is 29.0. The van der Waals surface area contributed by atoms with Crippen LogP contribution in [0.15, 0.2) is 54.6 Å². The minimum Gasteiger partial charge on any atom is -0.368 e. The largest absolute Gasteiger partial charge is 0.368 e. The molecular formula is C26H29N3O2. The van der Waals surface area contributed by atoms with Crippen molar-refractivity contribution in [2.24, 2.45) is 0 Å². The van der Waals surface area contributed by atoms with Gasteiger partial charge in [-0.1, -0.05) is 18.2 Å². The Bertz CT molecular complexity index is 1120. The molecule has 0 atom stereocenters. The summed E-state index contributed by atoms with van der Waals surface area (Å²) in [5.41, 5.74) is 6.96. The molecule has 0 saturated carbocycles. The summed E-state index contributed by atoms with van der Waals surface area (Å²) in [6.07, 6.45) is 0. The molecule has 0 radical (unpaired) electrons. The number of ketones is 1. The van der Waals surface area contributed by atoms with E-state index in [1.165, 1.54) is 5.56 Å². The molecule has 2 aromatic carbocycles. The SMILES string of the molecule is CC(=O)c1ccc(N2CCN(C(=O)c3cc(C)n(-c4ccccc4C)c3C)CC2)cc1. The Morgan fingerprint density at radius 1 is 0.839 bits per heavy atom. The molecule has 0 unspecified atom stereocenters. The summed E-state index contributed by atoms with van der Waals surface area (Å²) in [6.45, 7) is 10.7. The number of nitrogens with zero attached hydrogens (tertiary/aromatic N) is 3. The molecule has 0 spiro atoms. The molecule has 1 fully saturated rings. The molecular weight excluding hydrogens is 386 g/mol. The molecule has 2 heterocycles. The van der Waals surface area contributed by atoms with Gasteiger partial charge in [0.1, 0.15) is 0 Å². The minimum atomic E-state index is 0.0743. The van der Waals surface area contributed by atoms with Gasteiger partial charge in [-0.05, 0) is 69.7 Å². The van der Waals surface area contributed by atoms with Crippen LogP contribution in [0.25, 0.3) is 5.69 Å². The molecule has 1 saturated heterocycles. The van der Waals surface area contributed by atoms with Crippen molar-refractivity contribution < 1.29 is 9.59 Å². The van der Waals surface area contributed by atoms with Gasteiger partial charge in [-0.25, -0.2) is 0 Å². The lowest BCUT2D eigenvalue weighted by Crippen LogP contribution is -2.48. The highest BCUT2D eigenvalue weighted by Crippen LogP contribution is 2.25. The molecule has 0 bridgehead atoms. The Hall–Kier alpha value is -3.34. The lowest BCUT2D eigenvalue weighted by molar-refractivity contribution is 0.0746. The number of Topliss-reactive ketones (excluding diaryl/α,β-unsaturated/α-hetero) is 1. The van der Waals surface area contributed by atoms with E-state index in [0.29, 0.717) is 13.1 Å². The van der Waals surface area contributed by atoms with Gasteiger partial charge in [0.2, 0.25) is 0 Å². The number of rotatable bonds is 4. The van der Waals surface area contributed by atoms with Crippen molar-refractivity contribution in [3.63, 3.8) is 0 Å². The highest BCUT2D eigenvalue weighted by molar-refractivity contribution is 5.96. The third-order valence-electron chi connectivity index (χ3n) is 6.22. The monoisotopic (exact) mass is 415 g/mol. The van der Waals surface area contributed by atoms with Gasteiger partial charge in [0.25, 0.3) is 5.91 Å². The second kappa shape index (κ2) is 8.42. The Kier molecular flexibility index (Phi) is 5.68. The first-order valence-electron chi connectivity index (χ1n) is 10.8. The average Bonchev–Trinajstić information content (AvgIpc) is 3.07. The van der Waals surface area contributed by atoms with E-state index >= 15 is 0 Å². The lowest BCUT2D eigenvalue weighted by atomic mass is 10.1. The first-order chi connectivity index (χ1) is 14.9. The third-order valence-corrected chi connectivity index (χ3v) is 6.22. The average molecular weight is 416 g/mol.